The van der Waals surface area contributed by atoms with Gasteiger partial charge in [-0.25, -0.2) is 4.98 Å². The van der Waals surface area contributed by atoms with E-state index in [9.17, 15) is 0 Å². The number of ether oxygens (including phenoxy) is 1. The van der Waals surface area contributed by atoms with Gasteiger partial charge in [0, 0.05) is 11.8 Å². The minimum Gasteiger partial charge on any atom is -0.439 e. The molecule has 1 aromatic heterocycles. The summed E-state index contributed by atoms with van der Waals surface area (Å²) in [6.07, 6.45) is 0. The summed E-state index contributed by atoms with van der Waals surface area (Å²) in [5.41, 5.74) is 0.774. The highest BCUT2D eigenvalue weighted by Crippen LogP contribution is 2.25. The van der Waals surface area contributed by atoms with Crippen LogP contribution in [0.3, 0.4) is 0 Å². The van der Waals surface area contributed by atoms with E-state index in [1.807, 2.05) is 43.3 Å². The zero-order valence-electron chi connectivity index (χ0n) is 10.3. The summed E-state index contributed by atoms with van der Waals surface area (Å²) in [5, 5.41) is 2.49. The molecule has 0 atom stereocenters. The van der Waals surface area contributed by atoms with E-state index in [4.69, 9.17) is 16.3 Å². The Balaban J connectivity index is 1.96. The fourth-order valence-corrected chi connectivity index (χ4v) is 2.13. The fourth-order valence-electron chi connectivity index (χ4n) is 1.91. The van der Waals surface area contributed by atoms with E-state index in [0.717, 1.165) is 16.8 Å². The Labute approximate surface area is 115 Å². The first-order valence-electron chi connectivity index (χ1n) is 5.88. The lowest BCUT2D eigenvalue weighted by molar-refractivity contribution is 0.461. The highest BCUT2D eigenvalue weighted by atomic mass is 35.5. The van der Waals surface area contributed by atoms with Gasteiger partial charge in [-0.1, -0.05) is 30.3 Å². The first kappa shape index (κ1) is 11.9. The van der Waals surface area contributed by atoms with Crippen molar-refractivity contribution in [3.8, 4) is 11.6 Å². The molecule has 0 fully saturated rings. The van der Waals surface area contributed by atoms with Gasteiger partial charge in [0.25, 0.3) is 0 Å². The first-order valence-corrected chi connectivity index (χ1v) is 6.26. The van der Waals surface area contributed by atoms with Crippen LogP contribution in [0.25, 0.3) is 10.8 Å². The number of nitrogens with zero attached hydrogens (tertiary/aromatic N) is 2. The number of hydrogen-bond donors (Lipinski definition) is 0. The van der Waals surface area contributed by atoms with Gasteiger partial charge in [-0.2, -0.15) is 4.98 Å². The number of aryl methyl sites for hydroxylation is 1. The zero-order chi connectivity index (χ0) is 13.2. The molecule has 0 unspecified atom stereocenters. The average Bonchev–Trinajstić information content (AvgIpc) is 2.37. The third-order valence-corrected chi connectivity index (χ3v) is 2.92. The maximum atomic E-state index is 5.81. The van der Waals surface area contributed by atoms with E-state index in [-0.39, 0.29) is 5.28 Å². The van der Waals surface area contributed by atoms with Crippen molar-refractivity contribution in [3.63, 3.8) is 0 Å². The maximum Gasteiger partial charge on any atom is 0.225 e. The number of rotatable bonds is 2. The van der Waals surface area contributed by atoms with Crippen LogP contribution in [0.4, 0.5) is 0 Å². The van der Waals surface area contributed by atoms with Gasteiger partial charge in [0.15, 0.2) is 0 Å². The van der Waals surface area contributed by atoms with Crippen molar-refractivity contribution in [1.82, 2.24) is 9.97 Å². The molecular formula is C15H11ClN2O. The molecule has 0 saturated carbocycles. The van der Waals surface area contributed by atoms with Crippen molar-refractivity contribution >= 4 is 22.4 Å². The van der Waals surface area contributed by atoms with Crippen LogP contribution >= 0.6 is 11.6 Å². The summed E-state index contributed by atoms with van der Waals surface area (Å²) in [6.45, 7) is 1.85. The molecule has 94 valence electrons. The summed E-state index contributed by atoms with van der Waals surface area (Å²) in [4.78, 5) is 8.04. The van der Waals surface area contributed by atoms with E-state index in [2.05, 4.69) is 16.0 Å². The van der Waals surface area contributed by atoms with Crippen LogP contribution in [0.2, 0.25) is 5.28 Å². The zero-order valence-corrected chi connectivity index (χ0v) is 11.1. The molecule has 2 aromatic carbocycles. The minimum absolute atomic E-state index is 0.191. The molecular weight excluding hydrogens is 260 g/mol. The normalized spacial score (nSPS) is 10.6. The third-order valence-electron chi connectivity index (χ3n) is 2.75. The summed E-state index contributed by atoms with van der Waals surface area (Å²) in [7, 11) is 0. The lowest BCUT2D eigenvalue weighted by atomic mass is 10.1. The number of halogens is 1. The molecule has 4 heteroatoms. The van der Waals surface area contributed by atoms with Crippen LogP contribution in [-0.4, -0.2) is 9.97 Å². The molecule has 0 saturated heterocycles. The Hall–Kier alpha value is -2.13. The smallest absolute Gasteiger partial charge is 0.225 e. The Bertz CT molecular complexity index is 723. The predicted molar refractivity (Wildman–Crippen MR) is 75.8 cm³/mol. The molecule has 3 nitrogen and oxygen atoms in total. The van der Waals surface area contributed by atoms with Crippen molar-refractivity contribution in [1.29, 1.82) is 0 Å². The van der Waals surface area contributed by atoms with Crippen LogP contribution in [0.5, 0.6) is 11.6 Å². The third kappa shape index (κ3) is 2.66. The van der Waals surface area contributed by atoms with Gasteiger partial charge in [0.2, 0.25) is 11.2 Å². The highest BCUT2D eigenvalue weighted by Gasteiger charge is 2.03. The topological polar surface area (TPSA) is 35.0 Å². The summed E-state index contributed by atoms with van der Waals surface area (Å²) < 4.78 is 5.71. The van der Waals surface area contributed by atoms with E-state index in [0.29, 0.717) is 5.88 Å². The average molecular weight is 271 g/mol. The maximum absolute atomic E-state index is 5.81. The van der Waals surface area contributed by atoms with Crippen molar-refractivity contribution in [2.24, 2.45) is 0 Å². The second kappa shape index (κ2) is 4.86. The summed E-state index contributed by atoms with van der Waals surface area (Å²) >= 11 is 5.81. The molecule has 0 N–H and O–H groups in total. The standard InChI is InChI=1S/C15H11ClN2O/c1-10-8-14(18-15(16)17-10)19-13-7-6-11-4-2-3-5-12(11)9-13/h2-9H,1H3. The van der Waals surface area contributed by atoms with Crippen molar-refractivity contribution in [3.05, 3.63) is 59.5 Å². The van der Waals surface area contributed by atoms with Gasteiger partial charge in [0.1, 0.15) is 5.75 Å². The van der Waals surface area contributed by atoms with Crippen LogP contribution in [0, 0.1) is 6.92 Å². The van der Waals surface area contributed by atoms with Crippen molar-refractivity contribution in [2.45, 2.75) is 6.92 Å². The van der Waals surface area contributed by atoms with Gasteiger partial charge < -0.3 is 4.74 Å². The van der Waals surface area contributed by atoms with Gasteiger partial charge in [0.05, 0.1) is 0 Å². The second-order valence-electron chi connectivity index (χ2n) is 4.23. The molecule has 3 aromatic rings. The molecule has 0 amide bonds. The lowest BCUT2D eigenvalue weighted by Crippen LogP contribution is -1.92. The Kier molecular flexibility index (Phi) is 3.05. The highest BCUT2D eigenvalue weighted by molar-refractivity contribution is 6.28. The van der Waals surface area contributed by atoms with Gasteiger partial charge in [-0.15, -0.1) is 0 Å². The molecule has 0 bridgehead atoms. The predicted octanol–water partition coefficient (Wildman–Crippen LogP) is 4.38. The van der Waals surface area contributed by atoms with E-state index in [1.165, 1.54) is 5.39 Å². The minimum atomic E-state index is 0.191. The molecule has 3 rings (SSSR count). The number of aromatic nitrogens is 2. The SMILES string of the molecule is Cc1cc(Oc2ccc3ccccc3c2)nc(Cl)n1. The van der Waals surface area contributed by atoms with E-state index in [1.54, 1.807) is 6.07 Å². The fraction of sp³-hybridized carbons (Fsp3) is 0.0667. The van der Waals surface area contributed by atoms with Gasteiger partial charge >= 0.3 is 0 Å². The lowest BCUT2D eigenvalue weighted by Gasteiger charge is -2.06. The van der Waals surface area contributed by atoms with Gasteiger partial charge in [-0.05, 0) is 41.4 Å². The molecule has 1 heterocycles. The number of benzene rings is 2. The molecule has 0 aliphatic carbocycles. The molecule has 0 radical (unpaired) electrons. The monoisotopic (exact) mass is 270 g/mol. The van der Waals surface area contributed by atoms with Crippen molar-refractivity contribution < 1.29 is 4.74 Å². The number of hydrogen-bond acceptors (Lipinski definition) is 3. The Morgan fingerprint density at radius 3 is 2.53 bits per heavy atom. The molecule has 0 aliphatic heterocycles. The molecule has 0 aliphatic rings. The first-order chi connectivity index (χ1) is 9.20. The van der Waals surface area contributed by atoms with Crippen LogP contribution in [0.1, 0.15) is 5.69 Å². The quantitative estimate of drug-likeness (QED) is 0.648. The summed E-state index contributed by atoms with van der Waals surface area (Å²) in [5.74, 6) is 1.18. The van der Waals surface area contributed by atoms with E-state index < -0.39 is 0 Å². The van der Waals surface area contributed by atoms with Crippen LogP contribution in [-0.2, 0) is 0 Å². The van der Waals surface area contributed by atoms with Crippen LogP contribution < -0.4 is 4.74 Å². The molecule has 19 heavy (non-hydrogen) atoms. The largest absolute Gasteiger partial charge is 0.439 e. The van der Waals surface area contributed by atoms with Crippen LogP contribution in [0.15, 0.2) is 48.5 Å². The van der Waals surface area contributed by atoms with Gasteiger partial charge in [-0.3, -0.25) is 0 Å². The summed E-state index contributed by atoms with van der Waals surface area (Å²) in [6, 6.07) is 15.8. The van der Waals surface area contributed by atoms with Crippen molar-refractivity contribution in [2.75, 3.05) is 0 Å². The van der Waals surface area contributed by atoms with E-state index >= 15 is 0 Å². The Morgan fingerprint density at radius 2 is 1.74 bits per heavy atom. The second-order valence-corrected chi connectivity index (χ2v) is 4.57. The molecule has 0 spiro atoms. The number of fused-ring (bicyclic) bond motifs is 1. The Morgan fingerprint density at radius 1 is 0.947 bits per heavy atom.